The molecule has 1 N–H and O–H groups in total. The van der Waals surface area contributed by atoms with Crippen LogP contribution in [-0.2, 0) is 0 Å². The fourth-order valence-electron chi connectivity index (χ4n) is 1.65. The first-order valence-corrected chi connectivity index (χ1v) is 5.73. The second-order valence-corrected chi connectivity index (χ2v) is 4.38. The molecule has 6 heteroatoms. The molecular formula is C11H7N3O2S. The lowest BCUT2D eigenvalue weighted by Crippen LogP contribution is -2.11. The van der Waals surface area contributed by atoms with Crippen molar-refractivity contribution >= 4 is 21.7 Å². The van der Waals surface area contributed by atoms with Gasteiger partial charge in [0.2, 0.25) is 0 Å². The Labute approximate surface area is 99.0 Å². The lowest BCUT2D eigenvalue weighted by molar-refractivity contribution is 1.04. The van der Waals surface area contributed by atoms with Gasteiger partial charge in [-0.25, -0.2) is 4.98 Å². The third-order valence-electron chi connectivity index (χ3n) is 2.39. The van der Waals surface area contributed by atoms with Crippen molar-refractivity contribution in [3.63, 3.8) is 0 Å². The zero-order valence-corrected chi connectivity index (χ0v) is 9.40. The zero-order valence-electron chi connectivity index (χ0n) is 8.58. The molecule has 3 aromatic rings. The minimum Gasteiger partial charge on any atom is -0.312 e. The zero-order chi connectivity index (χ0) is 11.8. The van der Waals surface area contributed by atoms with Gasteiger partial charge in [0.25, 0.3) is 5.56 Å². The molecule has 2 heterocycles. The molecule has 0 aliphatic heterocycles. The van der Waals surface area contributed by atoms with E-state index in [1.807, 2.05) is 18.2 Å². The molecule has 0 bridgehead atoms. The summed E-state index contributed by atoms with van der Waals surface area (Å²) in [5, 5.41) is 0. The van der Waals surface area contributed by atoms with Crippen LogP contribution in [0.4, 0.5) is 0 Å². The van der Waals surface area contributed by atoms with Crippen molar-refractivity contribution in [2.45, 2.75) is 0 Å². The highest BCUT2D eigenvalue weighted by Gasteiger charge is 2.12. The second kappa shape index (κ2) is 3.67. The number of nitrogens with one attached hydrogen (secondary N) is 1. The van der Waals surface area contributed by atoms with Gasteiger partial charge < -0.3 is 4.98 Å². The maximum Gasteiger partial charge on any atom is 0.314 e. The third-order valence-corrected chi connectivity index (χ3v) is 3.32. The smallest absolute Gasteiger partial charge is 0.312 e. The van der Waals surface area contributed by atoms with Crippen molar-refractivity contribution in [1.82, 2.24) is 14.5 Å². The number of rotatable bonds is 1. The highest BCUT2D eigenvalue weighted by molar-refractivity contribution is 7.16. The number of para-hydroxylation sites is 1. The Morgan fingerprint density at radius 2 is 1.94 bits per heavy atom. The first kappa shape index (κ1) is 9.98. The van der Waals surface area contributed by atoms with Crippen molar-refractivity contribution in [3.05, 3.63) is 56.7 Å². The highest BCUT2D eigenvalue weighted by Crippen LogP contribution is 2.14. The first-order valence-electron chi connectivity index (χ1n) is 4.92. The van der Waals surface area contributed by atoms with Crippen molar-refractivity contribution in [2.75, 3.05) is 0 Å². The third kappa shape index (κ3) is 1.50. The van der Waals surface area contributed by atoms with Crippen LogP contribution in [0.5, 0.6) is 0 Å². The Balaban J connectivity index is 2.46. The average Bonchev–Trinajstić information content (AvgIpc) is 2.68. The van der Waals surface area contributed by atoms with Gasteiger partial charge in [-0.2, -0.15) is 0 Å². The number of nitrogens with zero attached hydrogens (tertiary/aromatic N) is 2. The number of benzene rings is 1. The fraction of sp³-hybridized carbons (Fsp3) is 0. The van der Waals surface area contributed by atoms with Crippen LogP contribution in [0.1, 0.15) is 0 Å². The normalized spacial score (nSPS) is 10.8. The van der Waals surface area contributed by atoms with Crippen LogP contribution in [0.3, 0.4) is 0 Å². The van der Waals surface area contributed by atoms with Gasteiger partial charge in [0, 0.05) is 0 Å². The number of hydrogen-bond acceptors (Lipinski definition) is 4. The molecule has 0 radical (unpaired) electrons. The van der Waals surface area contributed by atoms with E-state index in [1.54, 1.807) is 12.1 Å². The van der Waals surface area contributed by atoms with E-state index < -0.39 is 0 Å². The first-order chi connectivity index (χ1) is 8.27. The maximum absolute atomic E-state index is 11.9. The Bertz CT molecular complexity index is 786. The maximum atomic E-state index is 11.9. The van der Waals surface area contributed by atoms with Gasteiger partial charge in [-0.05, 0) is 12.1 Å². The van der Waals surface area contributed by atoms with Gasteiger partial charge >= 0.3 is 4.87 Å². The molecule has 17 heavy (non-hydrogen) atoms. The summed E-state index contributed by atoms with van der Waals surface area (Å²) in [6, 6.07) is 9.13. The van der Waals surface area contributed by atoms with Crippen LogP contribution in [0.25, 0.3) is 16.0 Å². The van der Waals surface area contributed by atoms with Gasteiger partial charge in [-0.15, -0.1) is 0 Å². The average molecular weight is 245 g/mol. The summed E-state index contributed by atoms with van der Waals surface area (Å²) in [5.41, 5.74) is 0.823. The van der Waals surface area contributed by atoms with E-state index in [1.165, 1.54) is 10.9 Å². The van der Waals surface area contributed by atoms with E-state index in [9.17, 15) is 9.59 Å². The molecule has 2 aromatic heterocycles. The monoisotopic (exact) mass is 245 g/mol. The summed E-state index contributed by atoms with van der Waals surface area (Å²) in [4.78, 5) is 29.7. The molecule has 84 valence electrons. The molecule has 0 aliphatic rings. The second-order valence-electron chi connectivity index (χ2n) is 3.42. The minimum atomic E-state index is -0.285. The molecule has 0 spiro atoms. The predicted octanol–water partition coefficient (Wildman–Crippen LogP) is 1.14. The molecular weight excluding hydrogens is 238 g/mol. The van der Waals surface area contributed by atoms with Crippen molar-refractivity contribution in [1.29, 1.82) is 0 Å². The Kier molecular flexibility index (Phi) is 2.15. The SMILES string of the molecule is O=c1[nH]cnc2c1sc(=O)n2-c1ccccc1. The largest absolute Gasteiger partial charge is 0.314 e. The lowest BCUT2D eigenvalue weighted by Gasteiger charge is -2.00. The van der Waals surface area contributed by atoms with Crippen molar-refractivity contribution in [3.8, 4) is 5.69 Å². The number of H-pyrrole nitrogens is 1. The predicted molar refractivity (Wildman–Crippen MR) is 65.8 cm³/mol. The van der Waals surface area contributed by atoms with E-state index in [0.29, 0.717) is 16.0 Å². The number of aromatic amines is 1. The minimum absolute atomic E-state index is 0.213. The highest BCUT2D eigenvalue weighted by atomic mass is 32.1. The van der Waals surface area contributed by atoms with Gasteiger partial charge in [0.1, 0.15) is 4.70 Å². The molecule has 0 amide bonds. The van der Waals surface area contributed by atoms with Crippen molar-refractivity contribution in [2.24, 2.45) is 0 Å². The van der Waals surface area contributed by atoms with E-state index in [2.05, 4.69) is 9.97 Å². The molecule has 1 aromatic carbocycles. The quantitative estimate of drug-likeness (QED) is 0.699. The van der Waals surface area contributed by atoms with Crippen molar-refractivity contribution < 1.29 is 0 Å². The lowest BCUT2D eigenvalue weighted by atomic mass is 10.3. The summed E-state index contributed by atoms with van der Waals surface area (Å²) in [7, 11) is 0. The molecule has 0 atom stereocenters. The van der Waals surface area contributed by atoms with Crippen LogP contribution in [0.2, 0.25) is 0 Å². The fourth-order valence-corrected chi connectivity index (χ4v) is 2.50. The molecule has 0 fully saturated rings. The Morgan fingerprint density at radius 3 is 2.71 bits per heavy atom. The number of hydrogen-bond donors (Lipinski definition) is 1. The van der Waals surface area contributed by atoms with E-state index in [4.69, 9.17) is 0 Å². The molecule has 5 nitrogen and oxygen atoms in total. The van der Waals surface area contributed by atoms with Gasteiger partial charge in [0.05, 0.1) is 12.0 Å². The van der Waals surface area contributed by atoms with Gasteiger partial charge in [-0.3, -0.25) is 14.2 Å². The Morgan fingerprint density at radius 1 is 1.18 bits per heavy atom. The van der Waals surface area contributed by atoms with Crippen LogP contribution in [0.15, 0.2) is 46.2 Å². The topological polar surface area (TPSA) is 67.8 Å². The molecule has 0 saturated carbocycles. The van der Waals surface area contributed by atoms with E-state index in [0.717, 1.165) is 11.3 Å². The summed E-state index contributed by atoms with van der Waals surface area (Å²) in [6.07, 6.45) is 1.30. The van der Waals surface area contributed by atoms with Crippen LogP contribution < -0.4 is 10.4 Å². The van der Waals surface area contributed by atoms with Crippen LogP contribution in [-0.4, -0.2) is 14.5 Å². The summed E-state index contributed by atoms with van der Waals surface area (Å²) < 4.78 is 1.79. The summed E-state index contributed by atoms with van der Waals surface area (Å²) in [5.74, 6) is 0. The molecule has 0 saturated heterocycles. The Hall–Kier alpha value is -2.21. The number of aromatic nitrogens is 3. The van der Waals surface area contributed by atoms with E-state index in [-0.39, 0.29) is 10.4 Å². The number of thiazole rings is 1. The standard InChI is InChI=1S/C11H7N3O2S/c15-10-8-9(12-6-13-10)14(11(16)17-8)7-4-2-1-3-5-7/h1-6H,(H,12,13,15). The molecule has 3 rings (SSSR count). The molecule has 0 unspecified atom stereocenters. The van der Waals surface area contributed by atoms with Crippen LogP contribution in [0, 0.1) is 0 Å². The summed E-state index contributed by atoms with van der Waals surface area (Å²) >= 11 is 0.901. The van der Waals surface area contributed by atoms with Gasteiger partial charge in [-0.1, -0.05) is 29.5 Å². The molecule has 0 aliphatic carbocycles. The van der Waals surface area contributed by atoms with E-state index >= 15 is 0 Å². The number of fused-ring (bicyclic) bond motifs is 1. The van der Waals surface area contributed by atoms with Gasteiger partial charge in [0.15, 0.2) is 5.65 Å². The van der Waals surface area contributed by atoms with Crippen LogP contribution >= 0.6 is 11.3 Å². The summed E-state index contributed by atoms with van der Waals surface area (Å²) in [6.45, 7) is 0.